The van der Waals surface area contributed by atoms with E-state index in [0.717, 1.165) is 0 Å². The van der Waals surface area contributed by atoms with E-state index in [1.165, 1.54) is 5.56 Å². The van der Waals surface area contributed by atoms with Gasteiger partial charge in [-0.15, -0.1) is 0 Å². The Bertz CT molecular complexity index is 1110. The molecule has 0 radical (unpaired) electrons. The highest BCUT2D eigenvalue weighted by atomic mass is 16.6. The first-order valence-corrected chi connectivity index (χ1v) is 13.2. The van der Waals surface area contributed by atoms with E-state index in [9.17, 15) is 15.0 Å². The van der Waals surface area contributed by atoms with Gasteiger partial charge in [0, 0.05) is 12.6 Å². The van der Waals surface area contributed by atoms with E-state index < -0.39 is 23.4 Å². The van der Waals surface area contributed by atoms with Crippen LogP contribution in [0.3, 0.4) is 0 Å². The van der Waals surface area contributed by atoms with E-state index in [0.29, 0.717) is 56.0 Å². The number of ether oxygens (including phenoxy) is 3. The molecule has 2 saturated heterocycles. The number of likely N-dealkylation sites (N-methyl/N-ethyl adjacent to an activating group) is 1. The third-order valence-corrected chi connectivity index (χ3v) is 8.34. The lowest BCUT2D eigenvalue weighted by atomic mass is 9.72. The van der Waals surface area contributed by atoms with Crippen LogP contribution in [0, 0.1) is 0 Å². The molecule has 0 spiro atoms. The number of para-hydroxylation sites is 1. The van der Waals surface area contributed by atoms with Crippen LogP contribution < -0.4 is 14.8 Å². The lowest BCUT2D eigenvalue weighted by molar-refractivity contribution is -0.250. The molecule has 5 rings (SSSR count). The topological polar surface area (TPSA) is 100 Å². The van der Waals surface area contributed by atoms with Gasteiger partial charge in [-0.2, -0.15) is 0 Å². The number of carbonyl (C=O) groups is 1. The predicted octanol–water partition coefficient (Wildman–Crippen LogP) is 2.73. The smallest absolute Gasteiger partial charge is 0.255 e. The third kappa shape index (κ3) is 4.95. The zero-order valence-corrected chi connectivity index (χ0v) is 21.9. The number of benzene rings is 2. The Hall–Kier alpha value is -2.65. The summed E-state index contributed by atoms with van der Waals surface area (Å²) in [5, 5.41) is 26.0. The molecule has 2 aromatic rings. The molecule has 0 saturated carbocycles. The van der Waals surface area contributed by atoms with Gasteiger partial charge in [0.25, 0.3) is 5.91 Å². The molecule has 3 N–H and O–H groups in total. The van der Waals surface area contributed by atoms with Crippen molar-refractivity contribution in [1.29, 1.82) is 0 Å². The molecular formula is C29H38N2O6. The average Bonchev–Trinajstić information content (AvgIpc) is 2.98. The molecule has 3 aliphatic rings. The van der Waals surface area contributed by atoms with Crippen molar-refractivity contribution in [3.05, 3.63) is 59.7 Å². The highest BCUT2D eigenvalue weighted by molar-refractivity contribution is 5.97. The maximum absolute atomic E-state index is 13.1. The maximum atomic E-state index is 13.1. The van der Waals surface area contributed by atoms with E-state index in [4.69, 9.17) is 14.2 Å². The Labute approximate surface area is 218 Å². The van der Waals surface area contributed by atoms with Crippen molar-refractivity contribution in [2.24, 2.45) is 0 Å². The monoisotopic (exact) mass is 510 g/mol. The fourth-order valence-corrected chi connectivity index (χ4v) is 6.41. The SMILES string of the molecule is CN(C)[C@@H]1CC[C@@]2(C(O)CNC(=O)c3cccc4c3OCCO4)C[C@H](c3ccccc3)C[C@](C)(O2)[C@H]1O. The van der Waals surface area contributed by atoms with Crippen LogP contribution in [-0.4, -0.2) is 84.3 Å². The minimum absolute atomic E-state index is 0.0175. The predicted molar refractivity (Wildman–Crippen MR) is 139 cm³/mol. The van der Waals surface area contributed by atoms with Crippen LogP contribution in [0.5, 0.6) is 11.5 Å². The van der Waals surface area contributed by atoms with E-state index in [1.807, 2.05) is 44.1 Å². The Morgan fingerprint density at radius 3 is 2.62 bits per heavy atom. The molecule has 8 heteroatoms. The summed E-state index contributed by atoms with van der Waals surface area (Å²) in [7, 11) is 3.94. The number of amides is 1. The molecule has 6 atom stereocenters. The summed E-state index contributed by atoms with van der Waals surface area (Å²) >= 11 is 0. The van der Waals surface area contributed by atoms with Gasteiger partial charge in [-0.1, -0.05) is 36.4 Å². The van der Waals surface area contributed by atoms with Crippen molar-refractivity contribution < 1.29 is 29.2 Å². The van der Waals surface area contributed by atoms with Crippen molar-refractivity contribution in [3.8, 4) is 11.5 Å². The van der Waals surface area contributed by atoms with Gasteiger partial charge in [-0.3, -0.25) is 4.79 Å². The molecule has 200 valence electrons. The number of hydrogen-bond acceptors (Lipinski definition) is 7. The minimum atomic E-state index is -0.966. The van der Waals surface area contributed by atoms with Crippen molar-refractivity contribution in [1.82, 2.24) is 10.2 Å². The summed E-state index contributed by atoms with van der Waals surface area (Å²) < 4.78 is 18.0. The van der Waals surface area contributed by atoms with Crippen LogP contribution in [-0.2, 0) is 4.74 Å². The van der Waals surface area contributed by atoms with E-state index in [2.05, 4.69) is 17.4 Å². The van der Waals surface area contributed by atoms with Crippen molar-refractivity contribution >= 4 is 5.91 Å². The second kappa shape index (κ2) is 10.3. The largest absolute Gasteiger partial charge is 0.486 e. The van der Waals surface area contributed by atoms with Crippen LogP contribution >= 0.6 is 0 Å². The third-order valence-electron chi connectivity index (χ3n) is 8.34. The first-order chi connectivity index (χ1) is 17.7. The molecule has 1 amide bonds. The maximum Gasteiger partial charge on any atom is 0.255 e. The summed E-state index contributed by atoms with van der Waals surface area (Å²) in [5.41, 5.74) is -0.218. The van der Waals surface area contributed by atoms with Crippen LogP contribution in [0.2, 0.25) is 0 Å². The normalized spacial score (nSPS) is 31.9. The van der Waals surface area contributed by atoms with Crippen LogP contribution in [0.4, 0.5) is 0 Å². The molecule has 8 nitrogen and oxygen atoms in total. The second-order valence-electron chi connectivity index (χ2n) is 11.1. The van der Waals surface area contributed by atoms with Crippen molar-refractivity contribution in [2.45, 2.75) is 68.0 Å². The molecule has 1 unspecified atom stereocenters. The van der Waals surface area contributed by atoms with Gasteiger partial charge in [0.05, 0.1) is 22.9 Å². The van der Waals surface area contributed by atoms with E-state index in [-0.39, 0.29) is 24.4 Å². The summed E-state index contributed by atoms with van der Waals surface area (Å²) in [5.74, 6) is 0.738. The summed E-state index contributed by atoms with van der Waals surface area (Å²) in [6.07, 6.45) is 0.817. The number of hydrogen-bond donors (Lipinski definition) is 3. The Morgan fingerprint density at radius 2 is 1.86 bits per heavy atom. The number of aliphatic hydroxyl groups is 2. The van der Waals surface area contributed by atoms with Gasteiger partial charge in [-0.05, 0) is 70.3 Å². The van der Waals surface area contributed by atoms with Gasteiger partial charge >= 0.3 is 0 Å². The standard InChI is InChI=1S/C29H38N2O6/c1-28-16-20(19-8-5-4-6-9-19)17-29(37-28,13-12-22(26(28)33)31(2)3)24(32)18-30-27(34)21-10-7-11-23-25(21)36-15-14-35-23/h4-11,20,22,24,26,32-33H,12-18H2,1-3H3,(H,30,34)/t20-,22-,24?,26+,28+,29+/m1/s1. The molecule has 3 heterocycles. The molecule has 0 aliphatic carbocycles. The Morgan fingerprint density at radius 1 is 1.11 bits per heavy atom. The molecule has 0 aromatic heterocycles. The quantitative estimate of drug-likeness (QED) is 0.550. The Balaban J connectivity index is 1.40. The number of rotatable bonds is 6. The van der Waals surface area contributed by atoms with E-state index >= 15 is 0 Å². The van der Waals surface area contributed by atoms with Gasteiger partial charge in [-0.25, -0.2) is 0 Å². The lowest BCUT2D eigenvalue weighted by Crippen LogP contribution is -2.61. The Kier molecular flexibility index (Phi) is 7.20. The second-order valence-corrected chi connectivity index (χ2v) is 11.1. The summed E-state index contributed by atoms with van der Waals surface area (Å²) in [6.45, 7) is 2.80. The van der Waals surface area contributed by atoms with Gasteiger partial charge in [0.15, 0.2) is 11.5 Å². The van der Waals surface area contributed by atoms with E-state index in [1.54, 1.807) is 18.2 Å². The molecule has 37 heavy (non-hydrogen) atoms. The molecular weight excluding hydrogens is 472 g/mol. The van der Waals surface area contributed by atoms with Gasteiger partial charge in [0.1, 0.15) is 19.3 Å². The minimum Gasteiger partial charge on any atom is -0.486 e. The molecule has 3 aliphatic heterocycles. The highest BCUT2D eigenvalue weighted by Gasteiger charge is 2.57. The highest BCUT2D eigenvalue weighted by Crippen LogP contribution is 2.51. The zero-order chi connectivity index (χ0) is 26.2. The number of nitrogens with zero attached hydrogens (tertiary/aromatic N) is 1. The van der Waals surface area contributed by atoms with Gasteiger partial charge < -0.3 is 34.6 Å². The number of nitrogens with one attached hydrogen (secondary N) is 1. The van der Waals surface area contributed by atoms with Crippen LogP contribution in [0.15, 0.2) is 48.5 Å². The molecule has 2 fully saturated rings. The molecule has 2 bridgehead atoms. The van der Waals surface area contributed by atoms with Crippen molar-refractivity contribution in [3.63, 3.8) is 0 Å². The van der Waals surface area contributed by atoms with Crippen LogP contribution in [0.25, 0.3) is 0 Å². The first-order valence-electron chi connectivity index (χ1n) is 13.2. The number of aliphatic hydroxyl groups excluding tert-OH is 2. The lowest BCUT2D eigenvalue weighted by Gasteiger charge is -2.52. The summed E-state index contributed by atoms with van der Waals surface area (Å²) in [4.78, 5) is 15.2. The molecule has 2 aromatic carbocycles. The first kappa shape index (κ1) is 26.0. The number of carbonyl (C=O) groups excluding carboxylic acids is 1. The average molecular weight is 511 g/mol. The number of fused-ring (bicyclic) bond motifs is 3. The van der Waals surface area contributed by atoms with Crippen LogP contribution in [0.1, 0.15) is 54.4 Å². The van der Waals surface area contributed by atoms with Gasteiger partial charge in [0.2, 0.25) is 0 Å². The fraction of sp³-hybridized carbons (Fsp3) is 0.552. The fourth-order valence-electron chi connectivity index (χ4n) is 6.41. The zero-order valence-electron chi connectivity index (χ0n) is 21.9. The van der Waals surface area contributed by atoms with Crippen molar-refractivity contribution in [2.75, 3.05) is 33.9 Å². The summed E-state index contributed by atoms with van der Waals surface area (Å²) in [6, 6.07) is 15.4.